The van der Waals surface area contributed by atoms with E-state index < -0.39 is 0 Å². The Morgan fingerprint density at radius 1 is 1.45 bits per heavy atom. The third kappa shape index (κ3) is 1.12. The Morgan fingerprint density at radius 2 is 2.27 bits per heavy atom. The summed E-state index contributed by atoms with van der Waals surface area (Å²) in [5.41, 5.74) is 0.891. The maximum Gasteiger partial charge on any atom is 0.138 e. The first kappa shape index (κ1) is 7.36. The standard InChI is InChI=1S/C7H4ClIN2/c8-5-2-1-3-7-10-4-6(9)11(5)7/h1-4H. The Hall–Kier alpha value is -0.290. The normalized spacial score (nSPS) is 10.7. The van der Waals surface area contributed by atoms with Crippen LogP contribution in [0, 0.1) is 3.70 Å². The van der Waals surface area contributed by atoms with Crippen molar-refractivity contribution in [3.05, 3.63) is 33.2 Å². The van der Waals surface area contributed by atoms with Gasteiger partial charge >= 0.3 is 0 Å². The van der Waals surface area contributed by atoms with Crippen LogP contribution >= 0.6 is 34.2 Å². The zero-order chi connectivity index (χ0) is 7.84. The predicted molar refractivity (Wildman–Crippen MR) is 52.9 cm³/mol. The van der Waals surface area contributed by atoms with Gasteiger partial charge in [-0.05, 0) is 34.7 Å². The summed E-state index contributed by atoms with van der Waals surface area (Å²) >= 11 is 8.12. The SMILES string of the molecule is Clc1cccc2ncc(I)n12. The fraction of sp³-hybridized carbons (Fsp3) is 0. The zero-order valence-corrected chi connectivity index (χ0v) is 8.37. The molecule has 2 rings (SSSR count). The molecule has 0 aliphatic carbocycles. The Labute approximate surface area is 82.3 Å². The molecule has 2 aromatic rings. The largest absolute Gasteiger partial charge is 0.278 e. The summed E-state index contributed by atoms with van der Waals surface area (Å²) in [5, 5.41) is 0.699. The Morgan fingerprint density at radius 3 is 3.00 bits per heavy atom. The van der Waals surface area contributed by atoms with Gasteiger partial charge in [-0.15, -0.1) is 0 Å². The van der Waals surface area contributed by atoms with Gasteiger partial charge in [0.15, 0.2) is 0 Å². The minimum absolute atomic E-state index is 0.699. The van der Waals surface area contributed by atoms with E-state index in [0.29, 0.717) is 5.15 Å². The van der Waals surface area contributed by atoms with Crippen molar-refractivity contribution in [2.45, 2.75) is 0 Å². The molecule has 0 unspecified atom stereocenters. The van der Waals surface area contributed by atoms with E-state index >= 15 is 0 Å². The van der Waals surface area contributed by atoms with Crippen molar-refractivity contribution in [3.63, 3.8) is 0 Å². The van der Waals surface area contributed by atoms with Gasteiger partial charge < -0.3 is 0 Å². The molecule has 56 valence electrons. The quantitative estimate of drug-likeness (QED) is 0.535. The van der Waals surface area contributed by atoms with Crippen molar-refractivity contribution in [3.8, 4) is 0 Å². The lowest BCUT2D eigenvalue weighted by Crippen LogP contribution is -1.87. The van der Waals surface area contributed by atoms with Gasteiger partial charge in [-0.25, -0.2) is 4.98 Å². The molecule has 0 N–H and O–H groups in total. The van der Waals surface area contributed by atoms with Gasteiger partial charge in [-0.1, -0.05) is 17.7 Å². The summed E-state index contributed by atoms with van der Waals surface area (Å²) < 4.78 is 2.92. The molecule has 0 radical (unpaired) electrons. The summed E-state index contributed by atoms with van der Waals surface area (Å²) in [4.78, 5) is 4.15. The molecule has 0 saturated heterocycles. The first-order chi connectivity index (χ1) is 5.29. The Kier molecular flexibility index (Phi) is 1.77. The van der Waals surface area contributed by atoms with Gasteiger partial charge in [-0.3, -0.25) is 4.40 Å². The van der Waals surface area contributed by atoms with Crippen molar-refractivity contribution in [2.24, 2.45) is 0 Å². The van der Waals surface area contributed by atoms with Crippen LogP contribution in [0.4, 0.5) is 0 Å². The van der Waals surface area contributed by atoms with Crippen LogP contribution in [0.25, 0.3) is 5.65 Å². The molecule has 0 aliphatic heterocycles. The lowest BCUT2D eigenvalue weighted by molar-refractivity contribution is 1.15. The summed E-state index contributed by atoms with van der Waals surface area (Å²) in [6.45, 7) is 0. The average Bonchev–Trinajstić information content (AvgIpc) is 2.34. The second kappa shape index (κ2) is 2.64. The highest BCUT2D eigenvalue weighted by Gasteiger charge is 2.01. The number of aromatic nitrogens is 2. The van der Waals surface area contributed by atoms with E-state index in [4.69, 9.17) is 11.6 Å². The van der Waals surface area contributed by atoms with Crippen LogP contribution in [0.1, 0.15) is 0 Å². The van der Waals surface area contributed by atoms with E-state index in [1.807, 2.05) is 22.6 Å². The van der Waals surface area contributed by atoms with E-state index in [9.17, 15) is 0 Å². The monoisotopic (exact) mass is 278 g/mol. The molecule has 0 amide bonds. The molecule has 0 atom stereocenters. The number of hydrogen-bond acceptors (Lipinski definition) is 1. The molecule has 0 saturated carbocycles. The number of imidazole rings is 1. The van der Waals surface area contributed by atoms with Gasteiger partial charge in [0.1, 0.15) is 14.5 Å². The van der Waals surface area contributed by atoms with Crippen LogP contribution in [-0.4, -0.2) is 9.38 Å². The molecule has 2 nitrogen and oxygen atoms in total. The maximum absolute atomic E-state index is 5.92. The van der Waals surface area contributed by atoms with Crippen LogP contribution in [0.2, 0.25) is 5.15 Å². The average molecular weight is 278 g/mol. The van der Waals surface area contributed by atoms with E-state index in [0.717, 1.165) is 9.35 Å². The zero-order valence-electron chi connectivity index (χ0n) is 5.46. The molecule has 11 heavy (non-hydrogen) atoms. The van der Waals surface area contributed by atoms with Gasteiger partial charge in [0.05, 0.1) is 6.20 Å². The molecule has 4 heteroatoms. The summed E-state index contributed by atoms with van der Waals surface area (Å²) in [5.74, 6) is 0. The molecule has 2 heterocycles. The molecule has 0 aliphatic rings. The van der Waals surface area contributed by atoms with E-state index in [2.05, 4.69) is 27.6 Å². The number of rotatable bonds is 0. The van der Waals surface area contributed by atoms with Crippen molar-refractivity contribution >= 4 is 39.8 Å². The molecule has 2 aromatic heterocycles. The van der Waals surface area contributed by atoms with Crippen LogP contribution in [0.5, 0.6) is 0 Å². The highest BCUT2D eigenvalue weighted by Crippen LogP contribution is 2.15. The molecule has 0 aromatic carbocycles. The summed E-state index contributed by atoms with van der Waals surface area (Å²) in [6.07, 6.45) is 1.79. The smallest absolute Gasteiger partial charge is 0.138 e. The number of fused-ring (bicyclic) bond motifs is 1. The van der Waals surface area contributed by atoms with Gasteiger partial charge in [0, 0.05) is 0 Å². The fourth-order valence-corrected chi connectivity index (χ4v) is 2.00. The third-order valence-electron chi connectivity index (χ3n) is 1.44. The second-order valence-electron chi connectivity index (χ2n) is 2.12. The highest BCUT2D eigenvalue weighted by atomic mass is 127. The van der Waals surface area contributed by atoms with Crippen LogP contribution in [-0.2, 0) is 0 Å². The van der Waals surface area contributed by atoms with Gasteiger partial charge in [-0.2, -0.15) is 0 Å². The Balaban J connectivity index is 2.96. The van der Waals surface area contributed by atoms with E-state index in [1.54, 1.807) is 6.20 Å². The van der Waals surface area contributed by atoms with Gasteiger partial charge in [0.25, 0.3) is 0 Å². The number of hydrogen-bond donors (Lipinski definition) is 0. The van der Waals surface area contributed by atoms with Crippen molar-refractivity contribution in [2.75, 3.05) is 0 Å². The third-order valence-corrected chi connectivity index (χ3v) is 2.49. The molecule has 0 bridgehead atoms. The summed E-state index contributed by atoms with van der Waals surface area (Å²) in [7, 11) is 0. The minimum Gasteiger partial charge on any atom is -0.278 e. The first-order valence-electron chi connectivity index (χ1n) is 3.06. The minimum atomic E-state index is 0.699. The first-order valence-corrected chi connectivity index (χ1v) is 4.52. The number of pyridine rings is 1. The fourth-order valence-electron chi connectivity index (χ4n) is 0.961. The van der Waals surface area contributed by atoms with Crippen LogP contribution in [0.3, 0.4) is 0 Å². The van der Waals surface area contributed by atoms with Crippen molar-refractivity contribution < 1.29 is 0 Å². The maximum atomic E-state index is 5.92. The molecular weight excluding hydrogens is 274 g/mol. The lowest BCUT2D eigenvalue weighted by Gasteiger charge is -1.96. The molecule has 0 spiro atoms. The summed E-state index contributed by atoms with van der Waals surface area (Å²) in [6, 6.07) is 5.66. The van der Waals surface area contributed by atoms with E-state index in [1.165, 1.54) is 0 Å². The van der Waals surface area contributed by atoms with Crippen molar-refractivity contribution in [1.29, 1.82) is 0 Å². The Bertz CT molecular complexity index is 396. The lowest BCUT2D eigenvalue weighted by atomic mass is 10.5. The van der Waals surface area contributed by atoms with Gasteiger partial charge in [0.2, 0.25) is 0 Å². The number of nitrogens with zero attached hydrogens (tertiary/aromatic N) is 2. The molecular formula is C7H4ClIN2. The van der Waals surface area contributed by atoms with Crippen LogP contribution in [0.15, 0.2) is 24.4 Å². The second-order valence-corrected chi connectivity index (χ2v) is 3.62. The van der Waals surface area contributed by atoms with Crippen molar-refractivity contribution in [1.82, 2.24) is 9.38 Å². The topological polar surface area (TPSA) is 17.3 Å². The van der Waals surface area contributed by atoms with Crippen LogP contribution < -0.4 is 0 Å². The van der Waals surface area contributed by atoms with E-state index in [-0.39, 0.29) is 0 Å². The number of halogens is 2. The predicted octanol–water partition coefficient (Wildman–Crippen LogP) is 2.59. The highest BCUT2D eigenvalue weighted by molar-refractivity contribution is 14.1. The molecule has 0 fully saturated rings.